The van der Waals surface area contributed by atoms with Crippen molar-refractivity contribution in [3.63, 3.8) is 0 Å². The fraction of sp³-hybridized carbons (Fsp3) is 0.375. The van der Waals surface area contributed by atoms with Gasteiger partial charge in [-0.05, 0) is 51.1 Å². The van der Waals surface area contributed by atoms with Crippen LogP contribution in [0.15, 0.2) is 30.5 Å². The molecule has 110 valence electrons. The Bertz CT molecular complexity index is 625. The van der Waals surface area contributed by atoms with E-state index in [4.69, 9.17) is 10.4 Å². The summed E-state index contributed by atoms with van der Waals surface area (Å²) >= 11 is 0. The molecule has 1 unspecified atom stereocenters. The van der Waals surface area contributed by atoms with Gasteiger partial charge in [-0.25, -0.2) is 4.68 Å². The van der Waals surface area contributed by atoms with Crippen molar-refractivity contribution < 1.29 is 5.11 Å². The minimum absolute atomic E-state index is 0.184. The van der Waals surface area contributed by atoms with E-state index in [1.54, 1.807) is 12.1 Å². The molecular formula is C16H20N4O. The largest absolute Gasteiger partial charge is 0.396 e. The molecule has 0 amide bonds. The predicted octanol–water partition coefficient (Wildman–Crippen LogP) is 2.09. The van der Waals surface area contributed by atoms with E-state index in [0.717, 1.165) is 29.9 Å². The third-order valence-corrected chi connectivity index (χ3v) is 3.54. The number of nitriles is 1. The summed E-state index contributed by atoms with van der Waals surface area (Å²) in [6, 6.07) is 9.67. The number of aliphatic hydroxyl groups excluding tert-OH is 1. The second-order valence-electron chi connectivity index (χ2n) is 5.01. The number of aromatic nitrogens is 2. The third kappa shape index (κ3) is 3.48. The predicted molar refractivity (Wildman–Crippen MR) is 81.1 cm³/mol. The number of nitrogens with one attached hydrogen (secondary N) is 1. The van der Waals surface area contributed by atoms with Crippen LogP contribution in [0.2, 0.25) is 0 Å². The van der Waals surface area contributed by atoms with Crippen molar-refractivity contribution in [3.8, 4) is 11.8 Å². The van der Waals surface area contributed by atoms with Crippen molar-refractivity contribution in [2.75, 3.05) is 13.2 Å². The van der Waals surface area contributed by atoms with Crippen LogP contribution in [0.25, 0.3) is 5.69 Å². The molecule has 21 heavy (non-hydrogen) atoms. The lowest BCUT2D eigenvalue weighted by Gasteiger charge is -2.13. The molecule has 0 spiro atoms. The monoisotopic (exact) mass is 284 g/mol. The van der Waals surface area contributed by atoms with Crippen LogP contribution in [0.1, 0.15) is 36.2 Å². The van der Waals surface area contributed by atoms with Crippen molar-refractivity contribution in [2.45, 2.75) is 26.3 Å². The van der Waals surface area contributed by atoms with Crippen LogP contribution in [0.5, 0.6) is 0 Å². The molecule has 0 saturated carbocycles. The standard InChI is InChI=1S/C16H20N4O/c1-12(18-8-3-9-21)16-11-19-20(13(16)2)15-6-4-14(10-17)5-7-15/h4-7,11-12,18,21H,3,8-9H2,1-2H3. The van der Waals surface area contributed by atoms with Gasteiger partial charge in [-0.2, -0.15) is 10.4 Å². The highest BCUT2D eigenvalue weighted by atomic mass is 16.3. The summed E-state index contributed by atoms with van der Waals surface area (Å²) in [6.45, 7) is 5.09. The zero-order valence-corrected chi connectivity index (χ0v) is 12.4. The molecule has 5 nitrogen and oxygen atoms in total. The SMILES string of the molecule is Cc1c(C(C)NCCCO)cnn1-c1ccc(C#N)cc1. The Hall–Kier alpha value is -2.16. The van der Waals surface area contributed by atoms with Gasteiger partial charge in [-0.3, -0.25) is 0 Å². The number of hydrogen-bond donors (Lipinski definition) is 2. The highest BCUT2D eigenvalue weighted by molar-refractivity contribution is 5.40. The maximum atomic E-state index is 8.83. The van der Waals surface area contributed by atoms with E-state index in [0.29, 0.717) is 5.56 Å². The fourth-order valence-corrected chi connectivity index (χ4v) is 2.29. The zero-order valence-electron chi connectivity index (χ0n) is 12.4. The summed E-state index contributed by atoms with van der Waals surface area (Å²) < 4.78 is 1.88. The molecule has 0 fully saturated rings. The lowest BCUT2D eigenvalue weighted by molar-refractivity contribution is 0.284. The van der Waals surface area contributed by atoms with Gasteiger partial charge in [-0.15, -0.1) is 0 Å². The molecule has 0 radical (unpaired) electrons. The molecule has 1 aromatic heterocycles. The molecule has 0 aliphatic carbocycles. The van der Waals surface area contributed by atoms with Gasteiger partial charge in [0.25, 0.3) is 0 Å². The molecule has 0 aliphatic rings. The second kappa shape index (κ2) is 7.02. The molecule has 1 aromatic carbocycles. The summed E-state index contributed by atoms with van der Waals surface area (Å²) in [5.41, 5.74) is 3.80. The quantitative estimate of drug-likeness (QED) is 0.797. The first-order valence-electron chi connectivity index (χ1n) is 7.06. The fourth-order valence-electron chi connectivity index (χ4n) is 2.29. The smallest absolute Gasteiger partial charge is 0.0991 e. The van der Waals surface area contributed by atoms with Gasteiger partial charge in [0.2, 0.25) is 0 Å². The molecule has 2 aromatic rings. The van der Waals surface area contributed by atoms with Crippen molar-refractivity contribution >= 4 is 0 Å². The van der Waals surface area contributed by atoms with E-state index < -0.39 is 0 Å². The van der Waals surface area contributed by atoms with E-state index in [-0.39, 0.29) is 12.6 Å². The Morgan fingerprint density at radius 3 is 2.71 bits per heavy atom. The van der Waals surface area contributed by atoms with Gasteiger partial charge < -0.3 is 10.4 Å². The molecule has 1 heterocycles. The molecule has 2 N–H and O–H groups in total. The van der Waals surface area contributed by atoms with E-state index >= 15 is 0 Å². The van der Waals surface area contributed by atoms with Gasteiger partial charge in [0.05, 0.1) is 23.5 Å². The van der Waals surface area contributed by atoms with Crippen LogP contribution in [0.3, 0.4) is 0 Å². The number of hydrogen-bond acceptors (Lipinski definition) is 4. The Labute approximate surface area is 124 Å². The Morgan fingerprint density at radius 1 is 1.38 bits per heavy atom. The average Bonchev–Trinajstić information content (AvgIpc) is 2.89. The number of nitrogens with zero attached hydrogens (tertiary/aromatic N) is 3. The highest BCUT2D eigenvalue weighted by Crippen LogP contribution is 2.20. The summed E-state index contributed by atoms with van der Waals surface area (Å²) in [6.07, 6.45) is 2.61. The lowest BCUT2D eigenvalue weighted by atomic mass is 10.1. The van der Waals surface area contributed by atoms with Crippen molar-refractivity contribution in [1.29, 1.82) is 5.26 Å². The molecule has 2 rings (SSSR count). The minimum atomic E-state index is 0.184. The maximum Gasteiger partial charge on any atom is 0.0991 e. The van der Waals surface area contributed by atoms with Crippen LogP contribution in [-0.4, -0.2) is 28.0 Å². The number of aliphatic hydroxyl groups is 1. The normalized spacial score (nSPS) is 12.1. The van der Waals surface area contributed by atoms with Crippen molar-refractivity contribution in [2.24, 2.45) is 0 Å². The van der Waals surface area contributed by atoms with Gasteiger partial charge in [0.1, 0.15) is 0 Å². The van der Waals surface area contributed by atoms with E-state index in [2.05, 4.69) is 23.4 Å². The van der Waals surface area contributed by atoms with Crippen LogP contribution < -0.4 is 5.32 Å². The minimum Gasteiger partial charge on any atom is -0.396 e. The number of rotatable bonds is 6. The number of benzene rings is 1. The third-order valence-electron chi connectivity index (χ3n) is 3.54. The van der Waals surface area contributed by atoms with Crippen LogP contribution in [0, 0.1) is 18.3 Å². The Morgan fingerprint density at radius 2 is 2.10 bits per heavy atom. The zero-order chi connectivity index (χ0) is 15.2. The van der Waals surface area contributed by atoms with Crippen molar-refractivity contribution in [1.82, 2.24) is 15.1 Å². The maximum absolute atomic E-state index is 8.83. The summed E-state index contributed by atoms with van der Waals surface area (Å²) in [4.78, 5) is 0. The molecule has 5 heteroatoms. The average molecular weight is 284 g/mol. The summed E-state index contributed by atoms with van der Waals surface area (Å²) in [5, 5.41) is 25.5. The molecule has 0 bridgehead atoms. The van der Waals surface area contributed by atoms with Gasteiger partial charge >= 0.3 is 0 Å². The van der Waals surface area contributed by atoms with Gasteiger partial charge in [0, 0.05) is 23.9 Å². The first-order chi connectivity index (χ1) is 10.2. The first-order valence-corrected chi connectivity index (χ1v) is 7.06. The van der Waals surface area contributed by atoms with Gasteiger partial charge in [-0.1, -0.05) is 0 Å². The topological polar surface area (TPSA) is 73.9 Å². The van der Waals surface area contributed by atoms with Crippen LogP contribution in [-0.2, 0) is 0 Å². The lowest BCUT2D eigenvalue weighted by Crippen LogP contribution is -2.21. The highest BCUT2D eigenvalue weighted by Gasteiger charge is 2.13. The molecule has 1 atom stereocenters. The van der Waals surface area contributed by atoms with Crippen LogP contribution in [0.4, 0.5) is 0 Å². The van der Waals surface area contributed by atoms with Crippen molar-refractivity contribution in [3.05, 3.63) is 47.3 Å². The van der Waals surface area contributed by atoms with E-state index in [9.17, 15) is 0 Å². The molecular weight excluding hydrogens is 264 g/mol. The van der Waals surface area contributed by atoms with Crippen LogP contribution >= 0.6 is 0 Å². The first kappa shape index (κ1) is 15.2. The van der Waals surface area contributed by atoms with E-state index in [1.165, 1.54) is 0 Å². The summed E-state index contributed by atoms with van der Waals surface area (Å²) in [7, 11) is 0. The van der Waals surface area contributed by atoms with E-state index in [1.807, 2.05) is 29.9 Å². The molecule has 0 saturated heterocycles. The molecule has 0 aliphatic heterocycles. The Balaban J connectivity index is 2.17. The Kier molecular flexibility index (Phi) is 5.09. The summed E-state index contributed by atoms with van der Waals surface area (Å²) in [5.74, 6) is 0. The second-order valence-corrected chi connectivity index (χ2v) is 5.01. The van der Waals surface area contributed by atoms with Gasteiger partial charge in [0.15, 0.2) is 0 Å².